The summed E-state index contributed by atoms with van der Waals surface area (Å²) < 4.78 is 0. The molecule has 1 aromatic rings. The lowest BCUT2D eigenvalue weighted by molar-refractivity contribution is 0.463. The Bertz CT molecular complexity index is 342. The molecule has 1 saturated carbocycles. The molecule has 3 heteroatoms. The number of aromatic nitrogens is 1. The van der Waals surface area contributed by atoms with Gasteiger partial charge in [-0.25, -0.2) is 0 Å². The van der Waals surface area contributed by atoms with Gasteiger partial charge in [-0.2, -0.15) is 0 Å². The molecule has 16 heavy (non-hydrogen) atoms. The van der Waals surface area contributed by atoms with Gasteiger partial charge in [0.1, 0.15) is 0 Å². The Balaban J connectivity index is 2.00. The van der Waals surface area contributed by atoms with Gasteiger partial charge in [0.2, 0.25) is 0 Å². The zero-order valence-electron chi connectivity index (χ0n) is 9.33. The first-order chi connectivity index (χ1) is 7.75. The summed E-state index contributed by atoms with van der Waals surface area (Å²) in [6, 6.07) is 2.05. The van der Waals surface area contributed by atoms with Gasteiger partial charge in [-0.3, -0.25) is 4.98 Å². The predicted octanol–water partition coefficient (Wildman–Crippen LogP) is 4.62. The Labute approximate surface area is 111 Å². The molecule has 0 amide bonds. The van der Waals surface area contributed by atoms with Crippen LogP contribution in [0, 0.1) is 5.92 Å². The van der Waals surface area contributed by atoms with Crippen LogP contribution in [0.3, 0.4) is 0 Å². The number of nitrogens with zero attached hydrogens (tertiary/aromatic N) is 1. The van der Waals surface area contributed by atoms with Gasteiger partial charge in [0.15, 0.2) is 0 Å². The molecule has 0 N–H and O–H groups in total. The number of alkyl halides is 1. The molecule has 1 aliphatic carbocycles. The van der Waals surface area contributed by atoms with E-state index in [-0.39, 0.29) is 0 Å². The molecule has 1 heterocycles. The molecule has 1 aliphatic rings. The van der Waals surface area contributed by atoms with Crippen molar-refractivity contribution in [1.29, 1.82) is 0 Å². The monoisotopic (exact) mass is 301 g/mol. The summed E-state index contributed by atoms with van der Waals surface area (Å²) in [5, 5.41) is 0.817. The van der Waals surface area contributed by atoms with E-state index < -0.39 is 0 Å². The first kappa shape index (κ1) is 12.4. The van der Waals surface area contributed by atoms with E-state index in [1.165, 1.54) is 37.7 Å². The number of rotatable bonds is 2. The van der Waals surface area contributed by atoms with Gasteiger partial charge in [0.25, 0.3) is 0 Å². The van der Waals surface area contributed by atoms with Crippen molar-refractivity contribution in [3.05, 3.63) is 29.0 Å². The molecule has 0 saturated heterocycles. The van der Waals surface area contributed by atoms with Crippen molar-refractivity contribution in [2.75, 3.05) is 0 Å². The molecule has 2 rings (SSSR count). The summed E-state index contributed by atoms with van der Waals surface area (Å²) >= 11 is 9.91. The van der Waals surface area contributed by atoms with E-state index in [1.54, 1.807) is 6.20 Å². The standard InChI is InChI=1S/C13H17BrClN/c14-12-4-2-1-3-10(8-12)7-11-5-6-16-9-13(11)15/h5-6,9-10,12H,1-4,7-8H2. The molecule has 0 aliphatic heterocycles. The third-order valence-electron chi connectivity index (χ3n) is 3.33. The fourth-order valence-electron chi connectivity index (χ4n) is 2.46. The molecule has 0 aromatic carbocycles. The third-order valence-corrected chi connectivity index (χ3v) is 4.51. The lowest BCUT2D eigenvalue weighted by atomic mass is 9.93. The smallest absolute Gasteiger partial charge is 0.0621 e. The number of pyridine rings is 1. The van der Waals surface area contributed by atoms with Crippen LogP contribution in [-0.2, 0) is 6.42 Å². The minimum Gasteiger partial charge on any atom is -0.263 e. The van der Waals surface area contributed by atoms with Crippen LogP contribution in [0.2, 0.25) is 5.02 Å². The van der Waals surface area contributed by atoms with Crippen molar-refractivity contribution in [2.24, 2.45) is 5.92 Å². The quantitative estimate of drug-likeness (QED) is 0.574. The largest absolute Gasteiger partial charge is 0.263 e. The van der Waals surface area contributed by atoms with Crippen molar-refractivity contribution in [3.63, 3.8) is 0 Å². The molecule has 1 nitrogen and oxygen atoms in total. The molecular formula is C13H17BrClN. The summed E-state index contributed by atoms with van der Waals surface area (Å²) in [6.07, 6.45) is 11.3. The Hall–Kier alpha value is -0.0800. The maximum absolute atomic E-state index is 6.15. The van der Waals surface area contributed by atoms with Crippen LogP contribution in [0.1, 0.15) is 37.7 Å². The van der Waals surface area contributed by atoms with Crippen molar-refractivity contribution < 1.29 is 0 Å². The van der Waals surface area contributed by atoms with E-state index in [0.29, 0.717) is 4.83 Å². The SMILES string of the molecule is Clc1cnccc1CC1CCCCC(Br)C1. The Morgan fingerprint density at radius 1 is 1.38 bits per heavy atom. The average molecular weight is 303 g/mol. The zero-order chi connectivity index (χ0) is 11.4. The molecule has 1 aromatic heterocycles. The van der Waals surface area contributed by atoms with E-state index in [9.17, 15) is 0 Å². The maximum atomic E-state index is 6.15. The van der Waals surface area contributed by atoms with Crippen molar-refractivity contribution in [1.82, 2.24) is 4.98 Å². The van der Waals surface area contributed by atoms with Crippen LogP contribution < -0.4 is 0 Å². The summed E-state index contributed by atoms with van der Waals surface area (Å²) in [7, 11) is 0. The van der Waals surface area contributed by atoms with Crippen molar-refractivity contribution in [2.45, 2.75) is 43.4 Å². The molecule has 2 atom stereocenters. The van der Waals surface area contributed by atoms with Gasteiger partial charge in [-0.15, -0.1) is 0 Å². The highest BCUT2D eigenvalue weighted by molar-refractivity contribution is 9.09. The highest BCUT2D eigenvalue weighted by Gasteiger charge is 2.19. The lowest BCUT2D eigenvalue weighted by Crippen LogP contribution is -2.08. The summed E-state index contributed by atoms with van der Waals surface area (Å²) in [4.78, 5) is 4.73. The van der Waals surface area contributed by atoms with E-state index >= 15 is 0 Å². The van der Waals surface area contributed by atoms with Crippen LogP contribution in [0.25, 0.3) is 0 Å². The maximum Gasteiger partial charge on any atom is 0.0621 e. The lowest BCUT2D eigenvalue weighted by Gasteiger charge is -2.16. The Kier molecular flexibility index (Phi) is 4.66. The van der Waals surface area contributed by atoms with Gasteiger partial charge in [-0.1, -0.05) is 46.8 Å². The van der Waals surface area contributed by atoms with Gasteiger partial charge in [-0.05, 0) is 36.8 Å². The number of hydrogen-bond donors (Lipinski definition) is 0. The number of hydrogen-bond acceptors (Lipinski definition) is 1. The second-order valence-electron chi connectivity index (χ2n) is 4.65. The highest BCUT2D eigenvalue weighted by Crippen LogP contribution is 2.31. The van der Waals surface area contributed by atoms with Crippen LogP contribution in [0.4, 0.5) is 0 Å². The van der Waals surface area contributed by atoms with Crippen LogP contribution in [0.5, 0.6) is 0 Å². The third kappa shape index (κ3) is 3.46. The normalized spacial score (nSPS) is 26.4. The zero-order valence-corrected chi connectivity index (χ0v) is 11.7. The Morgan fingerprint density at radius 2 is 2.19 bits per heavy atom. The fraction of sp³-hybridized carbons (Fsp3) is 0.615. The molecule has 88 valence electrons. The Morgan fingerprint density at radius 3 is 3.00 bits per heavy atom. The van der Waals surface area contributed by atoms with Gasteiger partial charge >= 0.3 is 0 Å². The molecular weight excluding hydrogens is 286 g/mol. The first-order valence-electron chi connectivity index (χ1n) is 5.98. The van der Waals surface area contributed by atoms with Crippen LogP contribution in [-0.4, -0.2) is 9.81 Å². The highest BCUT2D eigenvalue weighted by atomic mass is 79.9. The number of halogens is 2. The first-order valence-corrected chi connectivity index (χ1v) is 7.27. The van der Waals surface area contributed by atoms with Crippen LogP contribution >= 0.6 is 27.5 Å². The minimum absolute atomic E-state index is 0.695. The summed E-state index contributed by atoms with van der Waals surface area (Å²) in [5.74, 6) is 0.770. The molecule has 0 radical (unpaired) electrons. The summed E-state index contributed by atoms with van der Waals surface area (Å²) in [6.45, 7) is 0. The van der Waals surface area contributed by atoms with Crippen molar-refractivity contribution in [3.8, 4) is 0 Å². The van der Waals surface area contributed by atoms with E-state index in [1.807, 2.05) is 6.20 Å². The van der Waals surface area contributed by atoms with Crippen molar-refractivity contribution >= 4 is 27.5 Å². The van der Waals surface area contributed by atoms with Gasteiger partial charge < -0.3 is 0 Å². The fourth-order valence-corrected chi connectivity index (χ4v) is 3.51. The minimum atomic E-state index is 0.695. The van der Waals surface area contributed by atoms with Gasteiger partial charge in [0, 0.05) is 17.2 Å². The summed E-state index contributed by atoms with van der Waals surface area (Å²) in [5.41, 5.74) is 1.25. The van der Waals surface area contributed by atoms with E-state index in [0.717, 1.165) is 17.4 Å². The second-order valence-corrected chi connectivity index (χ2v) is 6.36. The second kappa shape index (κ2) is 6.02. The predicted molar refractivity (Wildman–Crippen MR) is 72.2 cm³/mol. The molecule has 0 spiro atoms. The van der Waals surface area contributed by atoms with E-state index in [2.05, 4.69) is 27.0 Å². The van der Waals surface area contributed by atoms with Crippen LogP contribution in [0.15, 0.2) is 18.5 Å². The molecule has 1 fully saturated rings. The molecule has 2 unspecified atom stereocenters. The van der Waals surface area contributed by atoms with Gasteiger partial charge in [0.05, 0.1) is 5.02 Å². The molecule has 0 bridgehead atoms. The van der Waals surface area contributed by atoms with E-state index in [4.69, 9.17) is 11.6 Å². The average Bonchev–Trinajstić information content (AvgIpc) is 2.46. The topological polar surface area (TPSA) is 12.9 Å².